The van der Waals surface area contributed by atoms with Gasteiger partial charge in [0.2, 0.25) is 0 Å². The number of nitrogens with one attached hydrogen (secondary N) is 2. The molecule has 0 saturated carbocycles. The molecule has 122 valence electrons. The average molecular weight is 315 g/mol. The molecule has 0 radical (unpaired) electrons. The third-order valence-corrected chi connectivity index (χ3v) is 5.06. The molecule has 3 unspecified atom stereocenters. The summed E-state index contributed by atoms with van der Waals surface area (Å²) in [5.41, 5.74) is 1.13. The second kappa shape index (κ2) is 5.53. The fourth-order valence-electron chi connectivity index (χ4n) is 3.85. The predicted octanol–water partition coefficient (Wildman–Crippen LogP) is 1.37. The van der Waals surface area contributed by atoms with Gasteiger partial charge in [0.15, 0.2) is 11.9 Å². The first-order valence-corrected chi connectivity index (χ1v) is 8.29. The fraction of sp³-hybridized carbons (Fsp3) is 0.529. The summed E-state index contributed by atoms with van der Waals surface area (Å²) in [5.74, 6) is 0.337. The molecule has 2 saturated heterocycles. The summed E-state index contributed by atoms with van der Waals surface area (Å²) in [6.07, 6.45) is 2.53. The molecule has 0 spiro atoms. The molecule has 2 fully saturated rings. The van der Waals surface area contributed by atoms with E-state index in [1.807, 2.05) is 4.90 Å². The summed E-state index contributed by atoms with van der Waals surface area (Å²) in [7, 11) is 0. The highest BCUT2D eigenvalue weighted by Gasteiger charge is 2.40. The topological polar surface area (TPSA) is 70.7 Å². The number of hydrogen-bond acceptors (Lipinski definition) is 4. The van der Waals surface area contributed by atoms with Crippen molar-refractivity contribution in [3.05, 3.63) is 23.8 Å². The van der Waals surface area contributed by atoms with Gasteiger partial charge in [0.25, 0.3) is 11.8 Å². The van der Waals surface area contributed by atoms with Crippen LogP contribution in [0.15, 0.2) is 18.2 Å². The SMILES string of the molecule is CC1Oc2c(cccc2C(=O)N2C3CCNCC2CC3)NC1=O. The van der Waals surface area contributed by atoms with E-state index in [2.05, 4.69) is 10.6 Å². The summed E-state index contributed by atoms with van der Waals surface area (Å²) in [4.78, 5) is 27.0. The minimum Gasteiger partial charge on any atom is -0.478 e. The van der Waals surface area contributed by atoms with E-state index in [0.717, 1.165) is 32.4 Å². The third kappa shape index (κ3) is 2.37. The first-order valence-electron chi connectivity index (χ1n) is 8.29. The largest absolute Gasteiger partial charge is 0.478 e. The summed E-state index contributed by atoms with van der Waals surface area (Å²) < 4.78 is 5.73. The van der Waals surface area contributed by atoms with Crippen molar-refractivity contribution >= 4 is 17.5 Å². The van der Waals surface area contributed by atoms with Crippen molar-refractivity contribution in [1.29, 1.82) is 0 Å². The molecule has 2 amide bonds. The van der Waals surface area contributed by atoms with E-state index in [1.165, 1.54) is 0 Å². The predicted molar refractivity (Wildman–Crippen MR) is 85.6 cm³/mol. The molecule has 3 heterocycles. The van der Waals surface area contributed by atoms with Gasteiger partial charge >= 0.3 is 0 Å². The van der Waals surface area contributed by atoms with Crippen LogP contribution in [0.3, 0.4) is 0 Å². The highest BCUT2D eigenvalue weighted by atomic mass is 16.5. The Bertz CT molecular complexity index is 646. The van der Waals surface area contributed by atoms with Crippen LogP contribution in [0.5, 0.6) is 5.75 Å². The normalized spacial score (nSPS) is 29.3. The van der Waals surface area contributed by atoms with E-state index < -0.39 is 6.10 Å². The van der Waals surface area contributed by atoms with Crippen LogP contribution >= 0.6 is 0 Å². The van der Waals surface area contributed by atoms with Gasteiger partial charge in [-0.2, -0.15) is 0 Å². The van der Waals surface area contributed by atoms with Crippen molar-refractivity contribution in [1.82, 2.24) is 10.2 Å². The Hall–Kier alpha value is -2.08. The maximum atomic E-state index is 13.2. The maximum Gasteiger partial charge on any atom is 0.265 e. The number of rotatable bonds is 1. The molecule has 6 heteroatoms. The first kappa shape index (κ1) is 14.5. The van der Waals surface area contributed by atoms with Crippen LogP contribution in [-0.4, -0.2) is 48.0 Å². The second-order valence-electron chi connectivity index (χ2n) is 6.52. The van der Waals surface area contributed by atoms with E-state index >= 15 is 0 Å². The highest BCUT2D eigenvalue weighted by Crippen LogP contribution is 2.37. The first-order chi connectivity index (χ1) is 11.1. The van der Waals surface area contributed by atoms with Gasteiger partial charge in [-0.1, -0.05) is 6.07 Å². The quantitative estimate of drug-likeness (QED) is 0.821. The molecule has 1 aromatic carbocycles. The molecule has 23 heavy (non-hydrogen) atoms. The Labute approximate surface area is 135 Å². The average Bonchev–Trinajstić information content (AvgIpc) is 2.80. The molecule has 0 aromatic heterocycles. The molecular weight excluding hydrogens is 294 g/mol. The Morgan fingerprint density at radius 2 is 2.09 bits per heavy atom. The lowest BCUT2D eigenvalue weighted by Gasteiger charge is -2.30. The molecular formula is C17H21N3O3. The van der Waals surface area contributed by atoms with Crippen LogP contribution in [0.4, 0.5) is 5.69 Å². The van der Waals surface area contributed by atoms with Gasteiger partial charge in [0, 0.05) is 18.6 Å². The number of anilines is 1. The lowest BCUT2D eigenvalue weighted by atomic mass is 10.1. The molecule has 3 aliphatic rings. The number of carbonyl (C=O) groups excluding carboxylic acids is 2. The van der Waals surface area contributed by atoms with Crippen LogP contribution in [0.25, 0.3) is 0 Å². The number of fused-ring (bicyclic) bond motifs is 3. The van der Waals surface area contributed by atoms with Crippen LogP contribution in [0, 0.1) is 0 Å². The van der Waals surface area contributed by atoms with E-state index in [4.69, 9.17) is 4.74 Å². The monoisotopic (exact) mass is 315 g/mol. The van der Waals surface area contributed by atoms with Crippen LogP contribution in [0.2, 0.25) is 0 Å². The highest BCUT2D eigenvalue weighted by molar-refractivity contribution is 6.04. The van der Waals surface area contributed by atoms with Gasteiger partial charge in [0.05, 0.1) is 11.3 Å². The lowest BCUT2D eigenvalue weighted by molar-refractivity contribution is -0.122. The van der Waals surface area contributed by atoms with Crippen molar-refractivity contribution in [3.8, 4) is 5.75 Å². The number of ether oxygens (including phenoxy) is 1. The Morgan fingerprint density at radius 1 is 1.26 bits per heavy atom. The van der Waals surface area contributed by atoms with E-state index in [0.29, 0.717) is 23.0 Å². The number of nitrogens with zero attached hydrogens (tertiary/aromatic N) is 1. The summed E-state index contributed by atoms with van der Waals surface area (Å²) in [6, 6.07) is 5.91. The standard InChI is InChI=1S/C17H21N3O3/c1-10-16(21)19-14-4-2-3-13(15(14)23-10)17(22)20-11-5-6-12(20)9-18-8-7-11/h2-4,10-12,18H,5-9H2,1H3,(H,19,21). The fourth-order valence-corrected chi connectivity index (χ4v) is 3.85. The molecule has 0 aliphatic carbocycles. The third-order valence-electron chi connectivity index (χ3n) is 5.06. The molecule has 1 aromatic rings. The summed E-state index contributed by atoms with van der Waals surface area (Å²) >= 11 is 0. The molecule has 2 N–H and O–H groups in total. The molecule has 2 bridgehead atoms. The molecule has 4 rings (SSSR count). The number of hydrogen-bond donors (Lipinski definition) is 2. The van der Waals surface area contributed by atoms with E-state index in [1.54, 1.807) is 25.1 Å². The molecule has 3 aliphatic heterocycles. The van der Waals surface area contributed by atoms with Gasteiger partial charge in [-0.3, -0.25) is 9.59 Å². The van der Waals surface area contributed by atoms with Crippen LogP contribution in [-0.2, 0) is 4.79 Å². The zero-order chi connectivity index (χ0) is 16.0. The molecule has 6 nitrogen and oxygen atoms in total. The minimum atomic E-state index is -0.584. The Kier molecular flexibility index (Phi) is 3.49. The van der Waals surface area contributed by atoms with Crippen molar-refractivity contribution < 1.29 is 14.3 Å². The van der Waals surface area contributed by atoms with Gasteiger partial charge in [-0.25, -0.2) is 0 Å². The van der Waals surface area contributed by atoms with Crippen LogP contribution < -0.4 is 15.4 Å². The Morgan fingerprint density at radius 3 is 2.96 bits per heavy atom. The number of para-hydroxylation sites is 1. The van der Waals surface area contributed by atoms with Crippen LogP contribution in [0.1, 0.15) is 36.5 Å². The number of amides is 2. The van der Waals surface area contributed by atoms with E-state index in [9.17, 15) is 9.59 Å². The lowest BCUT2D eigenvalue weighted by Crippen LogP contribution is -2.43. The zero-order valence-electron chi connectivity index (χ0n) is 13.2. The Balaban J connectivity index is 1.70. The summed E-state index contributed by atoms with van der Waals surface area (Å²) in [5, 5.41) is 6.22. The van der Waals surface area contributed by atoms with Gasteiger partial charge in [0.1, 0.15) is 0 Å². The van der Waals surface area contributed by atoms with Crippen molar-refractivity contribution in [2.45, 2.75) is 44.4 Å². The number of carbonyl (C=O) groups is 2. The smallest absolute Gasteiger partial charge is 0.265 e. The van der Waals surface area contributed by atoms with Gasteiger partial charge in [-0.15, -0.1) is 0 Å². The zero-order valence-corrected chi connectivity index (χ0v) is 13.2. The van der Waals surface area contributed by atoms with Gasteiger partial charge < -0.3 is 20.3 Å². The van der Waals surface area contributed by atoms with Crippen molar-refractivity contribution in [2.24, 2.45) is 0 Å². The van der Waals surface area contributed by atoms with E-state index in [-0.39, 0.29) is 17.9 Å². The second-order valence-corrected chi connectivity index (χ2v) is 6.52. The molecule has 3 atom stereocenters. The van der Waals surface area contributed by atoms with Gasteiger partial charge in [-0.05, 0) is 44.9 Å². The van der Waals surface area contributed by atoms with Crippen molar-refractivity contribution in [3.63, 3.8) is 0 Å². The van der Waals surface area contributed by atoms with Crippen molar-refractivity contribution in [2.75, 3.05) is 18.4 Å². The number of benzene rings is 1. The maximum absolute atomic E-state index is 13.2. The summed E-state index contributed by atoms with van der Waals surface area (Å²) in [6.45, 7) is 3.51. The minimum absolute atomic E-state index is 0.0152.